The number of nitrogens with one attached hydrogen (secondary N) is 1. The van der Waals surface area contributed by atoms with Crippen molar-refractivity contribution in [1.82, 2.24) is 29.4 Å². The van der Waals surface area contributed by atoms with Gasteiger partial charge in [-0.2, -0.15) is 4.52 Å². The van der Waals surface area contributed by atoms with E-state index in [1.165, 1.54) is 42.6 Å². The molecule has 0 radical (unpaired) electrons. The summed E-state index contributed by atoms with van der Waals surface area (Å²) in [5.74, 6) is -0.214. The maximum Gasteiger partial charge on any atom is 0.312 e. The van der Waals surface area contributed by atoms with E-state index in [4.69, 9.17) is 0 Å². The normalized spacial score (nSPS) is 29.7. The Kier molecular flexibility index (Phi) is 3.83. The summed E-state index contributed by atoms with van der Waals surface area (Å²) in [6.07, 6.45) is 6.35. The van der Waals surface area contributed by atoms with Crippen LogP contribution in [0, 0.1) is 11.3 Å². The lowest BCUT2D eigenvalue weighted by molar-refractivity contribution is -0.149. The summed E-state index contributed by atoms with van der Waals surface area (Å²) in [5.41, 5.74) is -0.263. The molecule has 9 heteroatoms. The highest BCUT2D eigenvalue weighted by atomic mass is 16.4. The van der Waals surface area contributed by atoms with Crippen LogP contribution in [0.2, 0.25) is 0 Å². The Morgan fingerprint density at radius 2 is 2.11 bits per heavy atom. The molecule has 2 aliphatic heterocycles. The van der Waals surface area contributed by atoms with Gasteiger partial charge in [-0.05, 0) is 12.8 Å². The van der Waals surface area contributed by atoms with Gasteiger partial charge in [-0.3, -0.25) is 24.5 Å². The van der Waals surface area contributed by atoms with Crippen molar-refractivity contribution in [2.75, 3.05) is 26.2 Å². The number of H-pyrrole nitrogens is 1. The molecule has 5 rings (SSSR count). The van der Waals surface area contributed by atoms with Gasteiger partial charge in [0.25, 0.3) is 11.3 Å². The number of rotatable bonds is 4. The molecule has 0 amide bonds. The third kappa shape index (κ3) is 2.68. The molecular weight excluding hydrogens is 348 g/mol. The lowest BCUT2D eigenvalue weighted by Gasteiger charge is -2.28. The number of hydrogen-bond acceptors (Lipinski definition) is 6. The van der Waals surface area contributed by atoms with Crippen molar-refractivity contribution in [3.63, 3.8) is 0 Å². The maximum atomic E-state index is 12.2. The zero-order valence-electron chi connectivity index (χ0n) is 15.2. The molecule has 2 aromatic rings. The van der Waals surface area contributed by atoms with E-state index < -0.39 is 11.4 Å². The molecule has 0 aromatic carbocycles. The fourth-order valence-electron chi connectivity index (χ4n) is 5.36. The first kappa shape index (κ1) is 16.9. The van der Waals surface area contributed by atoms with E-state index in [-0.39, 0.29) is 11.5 Å². The van der Waals surface area contributed by atoms with Gasteiger partial charge in [-0.1, -0.05) is 12.8 Å². The number of carboxylic acid groups (broad SMARTS) is 1. The average Bonchev–Trinajstić information content (AvgIpc) is 3.37. The molecule has 27 heavy (non-hydrogen) atoms. The molecule has 2 saturated heterocycles. The van der Waals surface area contributed by atoms with Crippen molar-refractivity contribution in [2.24, 2.45) is 11.3 Å². The molecule has 0 spiro atoms. The van der Waals surface area contributed by atoms with E-state index in [2.05, 4.69) is 24.9 Å². The van der Waals surface area contributed by atoms with Gasteiger partial charge in [0.15, 0.2) is 0 Å². The van der Waals surface area contributed by atoms with Gasteiger partial charge in [-0.15, -0.1) is 0 Å². The van der Waals surface area contributed by atoms with Crippen LogP contribution in [0.5, 0.6) is 0 Å². The van der Waals surface area contributed by atoms with E-state index in [0.29, 0.717) is 37.1 Å². The van der Waals surface area contributed by atoms with Gasteiger partial charge < -0.3 is 5.11 Å². The number of aromatic amines is 1. The average molecular weight is 372 g/mol. The SMILES string of the molecule is O=C(O)[C@@]12CN(Cc3cc(=O)n4[nH]cnc4n3)C[C@@H]1CN(C1CCCC1)C2. The molecule has 2 aromatic heterocycles. The van der Waals surface area contributed by atoms with Crippen LogP contribution in [0.15, 0.2) is 17.2 Å². The monoisotopic (exact) mass is 372 g/mol. The van der Waals surface area contributed by atoms with Gasteiger partial charge in [0, 0.05) is 50.7 Å². The summed E-state index contributed by atoms with van der Waals surface area (Å²) in [5, 5.41) is 12.8. The fourth-order valence-corrected chi connectivity index (χ4v) is 5.36. The molecule has 0 bridgehead atoms. The summed E-state index contributed by atoms with van der Waals surface area (Å²) in [6.45, 7) is 3.23. The van der Waals surface area contributed by atoms with Crippen LogP contribution >= 0.6 is 0 Å². The van der Waals surface area contributed by atoms with Crippen LogP contribution in [0.3, 0.4) is 0 Å². The van der Waals surface area contributed by atoms with Gasteiger partial charge in [0.1, 0.15) is 6.33 Å². The lowest BCUT2D eigenvalue weighted by Crippen LogP contribution is -2.42. The minimum Gasteiger partial charge on any atom is -0.481 e. The van der Waals surface area contributed by atoms with Crippen LogP contribution in [0.1, 0.15) is 31.4 Å². The molecule has 144 valence electrons. The first-order chi connectivity index (χ1) is 13.0. The summed E-state index contributed by atoms with van der Waals surface area (Å²) in [4.78, 5) is 37.4. The maximum absolute atomic E-state index is 12.2. The van der Waals surface area contributed by atoms with Gasteiger partial charge in [-0.25, -0.2) is 9.97 Å². The summed E-state index contributed by atoms with van der Waals surface area (Å²) in [6, 6.07) is 2.06. The van der Waals surface area contributed by atoms with Gasteiger partial charge in [0.2, 0.25) is 0 Å². The molecule has 1 saturated carbocycles. The van der Waals surface area contributed by atoms with E-state index >= 15 is 0 Å². The largest absolute Gasteiger partial charge is 0.481 e. The van der Waals surface area contributed by atoms with Crippen LogP contribution in [0.4, 0.5) is 0 Å². The van der Waals surface area contributed by atoms with Gasteiger partial charge >= 0.3 is 5.97 Å². The number of carboxylic acids is 1. The first-order valence-corrected chi connectivity index (χ1v) is 9.67. The second-order valence-electron chi connectivity index (χ2n) is 8.30. The number of hydrogen-bond donors (Lipinski definition) is 2. The quantitative estimate of drug-likeness (QED) is 0.788. The minimum atomic E-state index is -0.700. The van der Waals surface area contributed by atoms with Crippen LogP contribution in [-0.2, 0) is 11.3 Å². The summed E-state index contributed by atoms with van der Waals surface area (Å²) in [7, 11) is 0. The Morgan fingerprint density at radius 3 is 2.85 bits per heavy atom. The van der Waals surface area contributed by atoms with Gasteiger partial charge in [0.05, 0.1) is 11.1 Å². The highest BCUT2D eigenvalue weighted by molar-refractivity contribution is 5.77. The molecule has 2 N–H and O–H groups in total. The second-order valence-corrected chi connectivity index (χ2v) is 8.30. The van der Waals surface area contributed by atoms with E-state index in [1.807, 2.05) is 0 Å². The molecule has 4 heterocycles. The topological polar surface area (TPSA) is 107 Å². The molecule has 3 aliphatic rings. The summed E-state index contributed by atoms with van der Waals surface area (Å²) >= 11 is 0. The number of carbonyl (C=O) groups is 1. The number of aromatic nitrogens is 4. The zero-order valence-corrected chi connectivity index (χ0v) is 15.2. The molecule has 9 nitrogen and oxygen atoms in total. The molecule has 1 aliphatic carbocycles. The lowest BCUT2D eigenvalue weighted by atomic mass is 9.81. The number of aliphatic carboxylic acids is 1. The van der Waals surface area contributed by atoms with Crippen molar-refractivity contribution in [3.05, 3.63) is 28.4 Å². The standard InChI is InChI=1S/C18H24N6O3/c25-15-5-13(21-17-19-11-20-24(15)17)8-22-6-12-7-23(14-3-1-2-4-14)10-18(12,9-22)16(26)27/h5,11-12,14H,1-4,6-10H2,(H,26,27)(H,19,20,21)/t12-,18-/m1/s1. The Bertz CT molecular complexity index is 933. The first-order valence-electron chi connectivity index (χ1n) is 9.67. The van der Waals surface area contributed by atoms with E-state index in [0.717, 1.165) is 13.1 Å². The van der Waals surface area contributed by atoms with Crippen LogP contribution in [0.25, 0.3) is 5.78 Å². The van der Waals surface area contributed by atoms with Crippen molar-refractivity contribution in [2.45, 2.75) is 38.3 Å². The van der Waals surface area contributed by atoms with Crippen LogP contribution < -0.4 is 5.56 Å². The van der Waals surface area contributed by atoms with E-state index in [9.17, 15) is 14.7 Å². The number of likely N-dealkylation sites (tertiary alicyclic amines) is 2. The third-order valence-electron chi connectivity index (χ3n) is 6.68. The van der Waals surface area contributed by atoms with Crippen molar-refractivity contribution in [3.8, 4) is 0 Å². The molecular formula is C18H24N6O3. The highest BCUT2D eigenvalue weighted by Crippen LogP contribution is 2.45. The molecule has 2 atom stereocenters. The van der Waals surface area contributed by atoms with Crippen molar-refractivity contribution in [1.29, 1.82) is 0 Å². The minimum absolute atomic E-state index is 0.130. The Hall–Kier alpha value is -2.26. The third-order valence-corrected chi connectivity index (χ3v) is 6.68. The Balaban J connectivity index is 1.35. The van der Waals surface area contributed by atoms with Crippen molar-refractivity contribution >= 4 is 11.7 Å². The highest BCUT2D eigenvalue weighted by Gasteiger charge is 2.58. The van der Waals surface area contributed by atoms with Crippen LogP contribution in [-0.4, -0.2) is 72.7 Å². The summed E-state index contributed by atoms with van der Waals surface area (Å²) < 4.78 is 1.29. The fraction of sp³-hybridized carbons (Fsp3) is 0.667. The predicted octanol–water partition coefficient (Wildman–Crippen LogP) is 0.179. The molecule has 0 unspecified atom stereocenters. The zero-order chi connectivity index (χ0) is 18.6. The smallest absolute Gasteiger partial charge is 0.312 e. The Labute approximate surface area is 156 Å². The molecule has 3 fully saturated rings. The second kappa shape index (κ2) is 6.13. The number of nitrogens with zero attached hydrogens (tertiary/aromatic N) is 5. The number of fused-ring (bicyclic) bond motifs is 2. The van der Waals surface area contributed by atoms with Crippen molar-refractivity contribution < 1.29 is 9.90 Å². The van der Waals surface area contributed by atoms with E-state index in [1.54, 1.807) is 0 Å². The predicted molar refractivity (Wildman–Crippen MR) is 96.3 cm³/mol. The Morgan fingerprint density at radius 1 is 1.30 bits per heavy atom.